The first-order valence-corrected chi connectivity index (χ1v) is 3.52. The van der Waals surface area contributed by atoms with Gasteiger partial charge in [-0.25, -0.2) is 9.63 Å². The van der Waals surface area contributed by atoms with Gasteiger partial charge < -0.3 is 0 Å². The maximum atomic E-state index is 9.87. The molecule has 3 N–H and O–H groups in total. The molecular weight excluding hydrogens is 128 g/mol. The van der Waals surface area contributed by atoms with E-state index in [9.17, 15) is 4.21 Å². The predicted octanol–water partition coefficient (Wildman–Crippen LogP) is -0.620. The minimum atomic E-state index is -1.91. The number of hydrogen-bond donors (Lipinski definition) is 3. The molecule has 1 saturated carbocycles. The van der Waals surface area contributed by atoms with Crippen molar-refractivity contribution in [3.8, 4) is 0 Å². The molecule has 1 aliphatic carbocycles. The Labute approximate surface area is 50.0 Å². The molecule has 1 rings (SSSR count). The molecule has 0 aliphatic heterocycles. The van der Waals surface area contributed by atoms with Gasteiger partial charge in [-0.15, -0.1) is 0 Å². The number of hydrogen-bond acceptors (Lipinski definition) is 2. The average Bonchev–Trinajstić information content (AvgIpc) is 2.41. The van der Waals surface area contributed by atoms with Crippen molar-refractivity contribution in [1.82, 2.24) is 10.3 Å². The largest absolute Gasteiger partial charge is 0.293 e. The minimum absolute atomic E-state index is 0.422. The van der Waals surface area contributed by atoms with Crippen molar-refractivity contribution in [1.29, 1.82) is 0 Å². The van der Waals surface area contributed by atoms with Gasteiger partial charge in [-0.3, -0.25) is 4.55 Å². The van der Waals surface area contributed by atoms with Crippen molar-refractivity contribution in [2.75, 3.05) is 0 Å². The van der Waals surface area contributed by atoms with Crippen LogP contribution in [0.15, 0.2) is 0 Å². The van der Waals surface area contributed by atoms with Gasteiger partial charge in [-0.1, -0.05) is 0 Å². The van der Waals surface area contributed by atoms with Crippen LogP contribution in [0.2, 0.25) is 0 Å². The number of nitrogens with one attached hydrogen (secondary N) is 2. The fraction of sp³-hybridized carbons (Fsp3) is 1.00. The molecule has 8 heavy (non-hydrogen) atoms. The molecule has 0 spiro atoms. The van der Waals surface area contributed by atoms with Crippen LogP contribution < -0.4 is 10.3 Å². The lowest BCUT2D eigenvalue weighted by atomic mass is 10.8. The summed E-state index contributed by atoms with van der Waals surface area (Å²) in [7, 11) is 0. The van der Waals surface area contributed by atoms with Gasteiger partial charge in [0, 0.05) is 6.04 Å². The lowest BCUT2D eigenvalue weighted by molar-refractivity contribution is 0.525. The molecule has 1 atom stereocenters. The molecule has 0 amide bonds. The third kappa shape index (κ3) is 2.37. The molecule has 5 heteroatoms. The van der Waals surface area contributed by atoms with E-state index in [-0.39, 0.29) is 0 Å². The second-order valence-electron chi connectivity index (χ2n) is 1.77. The predicted molar refractivity (Wildman–Crippen MR) is 30.1 cm³/mol. The second kappa shape index (κ2) is 2.54. The highest BCUT2D eigenvalue weighted by Crippen LogP contribution is 2.17. The molecule has 1 fully saturated rings. The summed E-state index contributed by atoms with van der Waals surface area (Å²) < 4.78 is 18.0. The first-order chi connectivity index (χ1) is 3.79. The topological polar surface area (TPSA) is 61.4 Å². The van der Waals surface area contributed by atoms with Gasteiger partial charge >= 0.3 is 0 Å². The van der Waals surface area contributed by atoms with Crippen molar-refractivity contribution >= 4 is 11.3 Å². The maximum absolute atomic E-state index is 9.87. The maximum Gasteiger partial charge on any atom is 0.245 e. The Balaban J connectivity index is 1.95. The van der Waals surface area contributed by atoms with Crippen LogP contribution in [-0.4, -0.2) is 14.8 Å². The van der Waals surface area contributed by atoms with Crippen LogP contribution in [0.1, 0.15) is 12.8 Å². The van der Waals surface area contributed by atoms with Crippen LogP contribution in [0.4, 0.5) is 0 Å². The SMILES string of the molecule is O=S(O)NNC1CC1. The quantitative estimate of drug-likeness (QED) is 0.358. The Kier molecular flexibility index (Phi) is 1.95. The van der Waals surface area contributed by atoms with Crippen molar-refractivity contribution in [2.24, 2.45) is 0 Å². The van der Waals surface area contributed by atoms with E-state index in [4.69, 9.17) is 4.55 Å². The highest BCUT2D eigenvalue weighted by molar-refractivity contribution is 7.77. The zero-order valence-electron chi connectivity index (χ0n) is 4.26. The first kappa shape index (κ1) is 6.15. The van der Waals surface area contributed by atoms with E-state index < -0.39 is 11.3 Å². The standard InChI is InChI=1S/C3H8N2O2S/c6-8(7)5-4-3-1-2-3/h3-5H,1-2H2,(H,6,7). The molecule has 0 aromatic heterocycles. The van der Waals surface area contributed by atoms with Crippen LogP contribution in [0.3, 0.4) is 0 Å². The molecule has 4 nitrogen and oxygen atoms in total. The highest BCUT2D eigenvalue weighted by atomic mass is 32.2. The van der Waals surface area contributed by atoms with Gasteiger partial charge in [-0.05, 0) is 12.8 Å². The first-order valence-electron chi connectivity index (χ1n) is 2.41. The summed E-state index contributed by atoms with van der Waals surface area (Å²) >= 11 is -1.91. The molecule has 0 heterocycles. The average molecular weight is 136 g/mol. The summed E-state index contributed by atoms with van der Waals surface area (Å²) in [5.74, 6) is 0. The molecule has 0 saturated heterocycles. The molecule has 48 valence electrons. The summed E-state index contributed by atoms with van der Waals surface area (Å²) in [4.78, 5) is 2.19. The summed E-state index contributed by atoms with van der Waals surface area (Å²) in [5.41, 5.74) is 2.66. The van der Waals surface area contributed by atoms with Crippen molar-refractivity contribution in [2.45, 2.75) is 18.9 Å². The Morgan fingerprint density at radius 2 is 2.25 bits per heavy atom. The number of hydrazine groups is 1. The smallest absolute Gasteiger partial charge is 0.245 e. The molecule has 0 aromatic carbocycles. The molecule has 0 radical (unpaired) electrons. The third-order valence-electron chi connectivity index (χ3n) is 0.928. The van der Waals surface area contributed by atoms with Gasteiger partial charge in [0.15, 0.2) is 0 Å². The van der Waals surface area contributed by atoms with Gasteiger partial charge in [0.2, 0.25) is 11.3 Å². The van der Waals surface area contributed by atoms with Gasteiger partial charge in [0.05, 0.1) is 0 Å². The van der Waals surface area contributed by atoms with Gasteiger partial charge in [-0.2, -0.15) is 4.83 Å². The molecule has 0 bridgehead atoms. The summed E-state index contributed by atoms with van der Waals surface area (Å²) in [6, 6.07) is 0.422. The Hall–Kier alpha value is 0.0300. The zero-order chi connectivity index (χ0) is 5.98. The monoisotopic (exact) mass is 136 g/mol. The molecular formula is C3H8N2O2S. The van der Waals surface area contributed by atoms with Crippen LogP contribution in [0.25, 0.3) is 0 Å². The summed E-state index contributed by atoms with van der Waals surface area (Å²) in [6.45, 7) is 0. The van der Waals surface area contributed by atoms with Crippen LogP contribution in [0, 0.1) is 0 Å². The molecule has 1 unspecified atom stereocenters. The number of rotatable bonds is 3. The minimum Gasteiger partial charge on any atom is -0.293 e. The highest BCUT2D eigenvalue weighted by Gasteiger charge is 2.20. The van der Waals surface area contributed by atoms with E-state index in [1.807, 2.05) is 0 Å². The van der Waals surface area contributed by atoms with E-state index in [2.05, 4.69) is 10.3 Å². The second-order valence-corrected chi connectivity index (χ2v) is 2.47. The van der Waals surface area contributed by atoms with E-state index in [1.165, 1.54) is 0 Å². The van der Waals surface area contributed by atoms with Crippen LogP contribution in [0.5, 0.6) is 0 Å². The summed E-state index contributed by atoms with van der Waals surface area (Å²) in [6.07, 6.45) is 2.20. The van der Waals surface area contributed by atoms with Crippen molar-refractivity contribution < 1.29 is 8.76 Å². The Bertz CT molecular complexity index is 103. The fourth-order valence-electron chi connectivity index (χ4n) is 0.361. The third-order valence-corrected chi connectivity index (χ3v) is 1.22. The van der Waals surface area contributed by atoms with E-state index >= 15 is 0 Å². The van der Waals surface area contributed by atoms with Crippen molar-refractivity contribution in [3.05, 3.63) is 0 Å². The van der Waals surface area contributed by atoms with E-state index in [0.29, 0.717) is 6.04 Å². The normalized spacial score (nSPS) is 23.1. The molecule has 1 aliphatic rings. The van der Waals surface area contributed by atoms with Crippen LogP contribution >= 0.6 is 0 Å². The lowest BCUT2D eigenvalue weighted by Gasteiger charge is -1.96. The van der Waals surface area contributed by atoms with Crippen molar-refractivity contribution in [3.63, 3.8) is 0 Å². The summed E-state index contributed by atoms with van der Waals surface area (Å²) in [5, 5.41) is 0. The van der Waals surface area contributed by atoms with E-state index in [0.717, 1.165) is 12.8 Å². The fourth-order valence-corrected chi connectivity index (χ4v) is 0.629. The lowest BCUT2D eigenvalue weighted by Crippen LogP contribution is -2.34. The Morgan fingerprint density at radius 3 is 2.62 bits per heavy atom. The Morgan fingerprint density at radius 1 is 1.62 bits per heavy atom. The van der Waals surface area contributed by atoms with E-state index in [1.54, 1.807) is 0 Å². The zero-order valence-corrected chi connectivity index (χ0v) is 5.07. The molecule has 0 aromatic rings. The van der Waals surface area contributed by atoms with Crippen LogP contribution in [-0.2, 0) is 11.3 Å². The van der Waals surface area contributed by atoms with Gasteiger partial charge in [0.25, 0.3) is 0 Å². The van der Waals surface area contributed by atoms with Gasteiger partial charge in [0.1, 0.15) is 0 Å².